The molecule has 0 aliphatic heterocycles. The number of nitrogens with zero attached hydrogens (tertiary/aromatic N) is 5. The van der Waals surface area contributed by atoms with Gasteiger partial charge in [-0.3, -0.25) is 0 Å². The summed E-state index contributed by atoms with van der Waals surface area (Å²) in [5.41, 5.74) is 2.91. The summed E-state index contributed by atoms with van der Waals surface area (Å²) in [6.45, 7) is 5.70. The number of ether oxygens (including phenoxy) is 1. The molecule has 3 aliphatic carbocycles. The molecule has 8 heteroatoms. The Morgan fingerprint density at radius 2 is 1.84 bits per heavy atom. The Morgan fingerprint density at radius 1 is 1.13 bits per heavy atom. The fourth-order valence-corrected chi connectivity index (χ4v) is 4.84. The van der Waals surface area contributed by atoms with Gasteiger partial charge in [-0.1, -0.05) is 5.16 Å². The Balaban J connectivity index is 1.50. The molecule has 1 aromatic carbocycles. The zero-order valence-electron chi connectivity index (χ0n) is 17.5. The highest BCUT2D eigenvalue weighted by molar-refractivity contribution is 5.83. The smallest absolute Gasteiger partial charge is 0.237 e. The molecular formula is C23H20N6O2. The summed E-state index contributed by atoms with van der Waals surface area (Å²) in [6, 6.07) is 8.32. The Bertz CT molecular complexity index is 1300. The number of nitriles is 2. The third kappa shape index (κ3) is 3.00. The Kier molecular flexibility index (Phi) is 4.03. The predicted octanol–water partition coefficient (Wildman–Crippen LogP) is 4.73. The molecule has 0 unspecified atom stereocenters. The first-order valence-corrected chi connectivity index (χ1v) is 10.0. The highest BCUT2D eigenvalue weighted by Gasteiger charge is 2.69. The van der Waals surface area contributed by atoms with Crippen LogP contribution in [-0.2, 0) is 0 Å². The molecule has 0 atom stereocenters. The van der Waals surface area contributed by atoms with Crippen molar-refractivity contribution in [2.24, 2.45) is 5.41 Å². The second kappa shape index (κ2) is 6.55. The lowest BCUT2D eigenvalue weighted by molar-refractivity contribution is -0.0665. The van der Waals surface area contributed by atoms with Crippen LogP contribution in [0.15, 0.2) is 22.7 Å². The minimum absolute atomic E-state index is 0.111. The number of benzene rings is 1. The van der Waals surface area contributed by atoms with Gasteiger partial charge in [0, 0.05) is 11.6 Å². The van der Waals surface area contributed by atoms with Crippen molar-refractivity contribution >= 4 is 23.1 Å². The average Bonchev–Trinajstić information content (AvgIpc) is 3.05. The van der Waals surface area contributed by atoms with Gasteiger partial charge in [0.1, 0.15) is 16.9 Å². The van der Waals surface area contributed by atoms with Crippen LogP contribution in [0.2, 0.25) is 0 Å². The molecule has 8 nitrogen and oxygen atoms in total. The Hall–Kier alpha value is -3.91. The van der Waals surface area contributed by atoms with Crippen LogP contribution in [0.3, 0.4) is 0 Å². The Labute approximate surface area is 179 Å². The summed E-state index contributed by atoms with van der Waals surface area (Å²) in [4.78, 5) is 9.14. The lowest BCUT2D eigenvalue weighted by atomic mass is 9.40. The number of anilines is 1. The molecule has 0 spiro atoms. The SMILES string of the molecule is Cc1cc(/C=C/C#N)cc(C)c1Oc1nc(NC23CC(C#N)(C2)C3)nc2noc(C)c12. The largest absolute Gasteiger partial charge is 0.437 e. The van der Waals surface area contributed by atoms with Crippen LogP contribution in [0.25, 0.3) is 17.1 Å². The van der Waals surface area contributed by atoms with Gasteiger partial charge < -0.3 is 14.6 Å². The number of rotatable bonds is 5. The molecular weight excluding hydrogens is 392 g/mol. The molecule has 2 bridgehead atoms. The summed E-state index contributed by atoms with van der Waals surface area (Å²) in [6.07, 6.45) is 5.63. The van der Waals surface area contributed by atoms with E-state index >= 15 is 0 Å². The zero-order valence-corrected chi connectivity index (χ0v) is 17.5. The summed E-state index contributed by atoms with van der Waals surface area (Å²) in [7, 11) is 0. The molecule has 154 valence electrons. The van der Waals surface area contributed by atoms with Gasteiger partial charge in [-0.2, -0.15) is 20.5 Å². The van der Waals surface area contributed by atoms with Crippen molar-refractivity contribution in [3.8, 4) is 23.8 Å². The average molecular weight is 412 g/mol. The maximum atomic E-state index is 9.26. The minimum atomic E-state index is -0.170. The van der Waals surface area contributed by atoms with Crippen molar-refractivity contribution in [2.45, 2.75) is 45.6 Å². The standard InChI is InChI=1S/C23H20N6O2/c1-13-7-16(5-4-6-24)8-14(2)18(13)30-20-17-15(3)31-29-19(17)26-21(27-20)28-23-9-22(10-23,11-23)12-25/h4-5,7-8H,9-11H2,1-3H3,(H,26,28,29)/b5-4+. The van der Waals surface area contributed by atoms with Crippen LogP contribution in [0, 0.1) is 48.8 Å². The van der Waals surface area contributed by atoms with E-state index in [9.17, 15) is 5.26 Å². The molecule has 0 radical (unpaired) electrons. The maximum Gasteiger partial charge on any atom is 0.237 e. The van der Waals surface area contributed by atoms with Crippen LogP contribution < -0.4 is 10.1 Å². The molecule has 3 fully saturated rings. The topological polar surface area (TPSA) is 121 Å². The lowest BCUT2D eigenvalue weighted by Gasteiger charge is -2.66. The van der Waals surface area contributed by atoms with E-state index in [1.807, 2.05) is 32.0 Å². The highest BCUT2D eigenvalue weighted by atomic mass is 16.5. The van der Waals surface area contributed by atoms with E-state index in [0.717, 1.165) is 36.0 Å². The van der Waals surface area contributed by atoms with Crippen molar-refractivity contribution in [3.05, 3.63) is 40.7 Å². The number of allylic oxidation sites excluding steroid dienone is 1. The lowest BCUT2D eigenvalue weighted by Crippen LogP contribution is -2.70. The molecule has 6 rings (SSSR count). The quantitative estimate of drug-likeness (QED) is 0.597. The minimum Gasteiger partial charge on any atom is -0.437 e. The number of fused-ring (bicyclic) bond motifs is 1. The summed E-state index contributed by atoms with van der Waals surface area (Å²) in [5, 5.41) is 26.1. The molecule has 3 aliphatic rings. The molecule has 0 amide bonds. The van der Waals surface area contributed by atoms with Crippen LogP contribution in [0.4, 0.5) is 5.95 Å². The number of nitrogens with one attached hydrogen (secondary N) is 1. The van der Waals surface area contributed by atoms with Crippen LogP contribution in [0.5, 0.6) is 11.6 Å². The fourth-order valence-electron chi connectivity index (χ4n) is 4.84. The number of aryl methyl sites for hydroxylation is 3. The van der Waals surface area contributed by atoms with Gasteiger partial charge >= 0.3 is 0 Å². The van der Waals surface area contributed by atoms with Crippen molar-refractivity contribution in [1.29, 1.82) is 10.5 Å². The highest BCUT2D eigenvalue weighted by Crippen LogP contribution is 2.67. The molecule has 3 aromatic rings. The molecule has 2 aromatic heterocycles. The fraction of sp³-hybridized carbons (Fsp3) is 0.348. The first kappa shape index (κ1) is 19.1. The zero-order chi connectivity index (χ0) is 21.8. The van der Waals surface area contributed by atoms with E-state index in [1.165, 1.54) is 6.08 Å². The molecule has 31 heavy (non-hydrogen) atoms. The second-order valence-electron chi connectivity index (χ2n) is 8.67. The molecule has 0 saturated heterocycles. The predicted molar refractivity (Wildman–Crippen MR) is 113 cm³/mol. The first-order valence-electron chi connectivity index (χ1n) is 10.0. The summed E-state index contributed by atoms with van der Waals surface area (Å²) in [5.74, 6) is 2.06. The van der Waals surface area contributed by atoms with E-state index in [2.05, 4.69) is 26.5 Å². The van der Waals surface area contributed by atoms with Crippen LogP contribution in [0.1, 0.15) is 41.7 Å². The van der Waals surface area contributed by atoms with Gasteiger partial charge in [-0.15, -0.1) is 0 Å². The van der Waals surface area contributed by atoms with Gasteiger partial charge in [0.25, 0.3) is 0 Å². The van der Waals surface area contributed by atoms with Gasteiger partial charge in [-0.05, 0) is 74.9 Å². The van der Waals surface area contributed by atoms with Crippen molar-refractivity contribution in [3.63, 3.8) is 0 Å². The van der Waals surface area contributed by atoms with E-state index < -0.39 is 0 Å². The van der Waals surface area contributed by atoms with Crippen molar-refractivity contribution in [2.75, 3.05) is 5.32 Å². The van der Waals surface area contributed by atoms with Crippen molar-refractivity contribution < 1.29 is 9.26 Å². The molecule has 3 saturated carbocycles. The second-order valence-corrected chi connectivity index (χ2v) is 8.67. The first-order chi connectivity index (χ1) is 14.9. The number of aromatic nitrogens is 3. The molecule has 2 heterocycles. The third-order valence-corrected chi connectivity index (χ3v) is 6.15. The third-order valence-electron chi connectivity index (χ3n) is 6.15. The van der Waals surface area contributed by atoms with Gasteiger partial charge in [-0.25, -0.2) is 0 Å². The number of hydrogen-bond acceptors (Lipinski definition) is 8. The van der Waals surface area contributed by atoms with E-state index in [0.29, 0.717) is 34.4 Å². The van der Waals surface area contributed by atoms with E-state index in [-0.39, 0.29) is 11.0 Å². The van der Waals surface area contributed by atoms with E-state index in [4.69, 9.17) is 14.5 Å². The Morgan fingerprint density at radius 3 is 2.48 bits per heavy atom. The number of hydrogen-bond donors (Lipinski definition) is 1. The van der Waals surface area contributed by atoms with Crippen molar-refractivity contribution in [1.82, 2.24) is 15.1 Å². The van der Waals surface area contributed by atoms with Gasteiger partial charge in [0.2, 0.25) is 17.5 Å². The van der Waals surface area contributed by atoms with Crippen LogP contribution >= 0.6 is 0 Å². The monoisotopic (exact) mass is 412 g/mol. The maximum absolute atomic E-state index is 9.26. The van der Waals surface area contributed by atoms with Gasteiger partial charge in [0.05, 0.1) is 17.6 Å². The van der Waals surface area contributed by atoms with Gasteiger partial charge in [0.15, 0.2) is 0 Å². The van der Waals surface area contributed by atoms with E-state index in [1.54, 1.807) is 13.0 Å². The molecule has 1 N–H and O–H groups in total. The normalized spacial score (nSPS) is 23.6. The summed E-state index contributed by atoms with van der Waals surface area (Å²) >= 11 is 0. The van der Waals surface area contributed by atoms with Crippen LogP contribution in [-0.4, -0.2) is 20.7 Å². The summed E-state index contributed by atoms with van der Waals surface area (Å²) < 4.78 is 11.6.